The number of benzene rings is 1. The Bertz CT molecular complexity index is 1350. The number of nitrogens with zero attached hydrogens (tertiary/aromatic N) is 2. The van der Waals surface area contributed by atoms with E-state index in [2.05, 4.69) is 10.6 Å². The summed E-state index contributed by atoms with van der Waals surface area (Å²) < 4.78 is 27.9. The van der Waals surface area contributed by atoms with Crippen molar-refractivity contribution in [2.45, 2.75) is 38.1 Å². The number of phosphoric ester groups is 1. The van der Waals surface area contributed by atoms with E-state index in [1.54, 1.807) is 17.6 Å². The average Bonchev–Trinajstić information content (AvgIpc) is 3.11. The Labute approximate surface area is 182 Å². The van der Waals surface area contributed by atoms with E-state index < -0.39 is 26.2 Å². The van der Waals surface area contributed by atoms with Gasteiger partial charge in [-0.25, -0.2) is 9.36 Å². The maximum Gasteiger partial charge on any atom is 0.471 e. The van der Waals surface area contributed by atoms with Gasteiger partial charge in [0.2, 0.25) is 0 Å². The van der Waals surface area contributed by atoms with Crippen LogP contribution in [-0.4, -0.2) is 27.1 Å². The van der Waals surface area contributed by atoms with Crippen molar-refractivity contribution in [3.63, 3.8) is 0 Å². The second-order valence-electron chi connectivity index (χ2n) is 7.98. The third-order valence-corrected chi connectivity index (χ3v) is 6.72. The van der Waals surface area contributed by atoms with E-state index in [0.29, 0.717) is 17.8 Å². The van der Waals surface area contributed by atoms with Crippen molar-refractivity contribution >= 4 is 19.9 Å². The molecule has 3 aliphatic rings. The van der Waals surface area contributed by atoms with Crippen LogP contribution < -0.4 is 16.1 Å². The minimum Gasteiger partial charge on any atom is -0.458 e. The summed E-state index contributed by atoms with van der Waals surface area (Å²) in [6.07, 6.45) is 2.18. The second kappa shape index (κ2) is 7.47. The van der Waals surface area contributed by atoms with Crippen LogP contribution in [0.5, 0.6) is 0 Å². The summed E-state index contributed by atoms with van der Waals surface area (Å²) in [5, 5.41) is 1.85. The zero-order chi connectivity index (χ0) is 22.7. The number of hydrogen-bond acceptors (Lipinski definition) is 7. The van der Waals surface area contributed by atoms with Crippen LogP contribution in [0.2, 0.25) is 0 Å². The molecule has 0 radical (unpaired) electrons. The monoisotopic (exact) mass is 460 g/mol. The number of fused-ring (bicyclic) bond motifs is 5. The van der Waals surface area contributed by atoms with Crippen LogP contribution in [0.1, 0.15) is 36.2 Å². The van der Waals surface area contributed by atoms with Crippen LogP contribution in [0.4, 0.5) is 0 Å². The molecule has 0 saturated heterocycles. The minimum absolute atomic E-state index is 0.00647. The first kappa shape index (κ1) is 21.2. The predicted octanol–water partition coefficient (Wildman–Crippen LogP) is 0.379. The van der Waals surface area contributed by atoms with Gasteiger partial charge in [0.05, 0.1) is 17.0 Å². The van der Waals surface area contributed by atoms with Crippen LogP contribution >= 0.6 is 7.82 Å². The topological polar surface area (TPSA) is 137 Å². The number of carbonyl (C=O) groups is 1. The Morgan fingerprint density at radius 2 is 2.09 bits per heavy atom. The molecule has 10 nitrogen and oxygen atoms in total. The molecule has 4 heterocycles. The van der Waals surface area contributed by atoms with Gasteiger partial charge in [-0.05, 0) is 23.8 Å². The SMILES string of the molecule is CC[C@@]1(OCOP(=O)(O)O)C(=O)OCc2c1cc1n(c2=O)CC2C=c3ccccc3=NC12. The molecule has 32 heavy (non-hydrogen) atoms. The van der Waals surface area contributed by atoms with Crippen LogP contribution in [0.3, 0.4) is 0 Å². The molecule has 3 atom stereocenters. The van der Waals surface area contributed by atoms with Gasteiger partial charge in [0, 0.05) is 23.7 Å². The molecule has 2 unspecified atom stereocenters. The zero-order valence-electron chi connectivity index (χ0n) is 17.1. The third-order valence-electron chi connectivity index (χ3n) is 6.28. The fourth-order valence-electron chi connectivity index (χ4n) is 4.74. The summed E-state index contributed by atoms with van der Waals surface area (Å²) in [4.78, 5) is 48.9. The van der Waals surface area contributed by atoms with Gasteiger partial charge in [0.1, 0.15) is 6.61 Å². The standard InChI is InChI=1S/C21H21N2O8P/c1-2-21(30-11-31-32(26,27)28)15-8-17-18-13(7-12-5-3-4-6-16(12)22-18)9-23(17)19(24)14(15)10-29-20(21)25/h3-8,13,18H,2,9-11H2,1H3,(H2,26,27,28)/t13?,18?,21-/m0/s1. The molecule has 1 aromatic carbocycles. The molecule has 2 aromatic rings. The van der Waals surface area contributed by atoms with E-state index in [-0.39, 0.29) is 36.1 Å². The van der Waals surface area contributed by atoms with Gasteiger partial charge in [-0.2, -0.15) is 0 Å². The molecule has 3 aliphatic heterocycles. The lowest BCUT2D eigenvalue weighted by molar-refractivity contribution is -0.192. The highest BCUT2D eigenvalue weighted by Crippen LogP contribution is 2.43. The predicted molar refractivity (Wildman–Crippen MR) is 109 cm³/mol. The van der Waals surface area contributed by atoms with Crippen LogP contribution in [0.15, 0.2) is 40.1 Å². The number of hydrogen-bond donors (Lipinski definition) is 2. The maximum atomic E-state index is 13.4. The minimum atomic E-state index is -4.81. The molecule has 0 bridgehead atoms. The summed E-state index contributed by atoms with van der Waals surface area (Å²) in [7, 11) is -4.81. The Morgan fingerprint density at radius 3 is 2.84 bits per heavy atom. The zero-order valence-corrected chi connectivity index (χ0v) is 18.0. The summed E-state index contributed by atoms with van der Waals surface area (Å²) in [6.45, 7) is 1.08. The molecule has 5 rings (SSSR count). The first-order valence-electron chi connectivity index (χ1n) is 10.2. The molecular formula is C21H21N2O8P. The van der Waals surface area contributed by atoms with Crippen molar-refractivity contribution in [1.29, 1.82) is 0 Å². The molecule has 168 valence electrons. The quantitative estimate of drug-likeness (QED) is 0.371. The van der Waals surface area contributed by atoms with Gasteiger partial charge in [0.15, 0.2) is 12.4 Å². The summed E-state index contributed by atoms with van der Waals surface area (Å²) in [5.41, 5.74) is -0.730. The number of aromatic nitrogens is 1. The maximum absolute atomic E-state index is 13.4. The van der Waals surface area contributed by atoms with Crippen LogP contribution in [0, 0.1) is 5.92 Å². The van der Waals surface area contributed by atoms with Gasteiger partial charge in [-0.3, -0.25) is 14.3 Å². The smallest absolute Gasteiger partial charge is 0.458 e. The van der Waals surface area contributed by atoms with Crippen molar-refractivity contribution in [1.82, 2.24) is 4.57 Å². The summed E-state index contributed by atoms with van der Waals surface area (Å²) in [6, 6.07) is 9.19. The third kappa shape index (κ3) is 3.27. The van der Waals surface area contributed by atoms with E-state index in [1.807, 2.05) is 24.3 Å². The normalized spacial score (nSPS) is 25.5. The molecule has 0 fully saturated rings. The highest BCUT2D eigenvalue weighted by molar-refractivity contribution is 7.46. The molecule has 0 saturated carbocycles. The van der Waals surface area contributed by atoms with E-state index in [4.69, 9.17) is 24.3 Å². The molecule has 0 aliphatic carbocycles. The van der Waals surface area contributed by atoms with Gasteiger partial charge in [-0.1, -0.05) is 31.2 Å². The summed E-state index contributed by atoms with van der Waals surface area (Å²) in [5.74, 6) is -0.744. The highest BCUT2D eigenvalue weighted by atomic mass is 31.2. The lowest BCUT2D eigenvalue weighted by Gasteiger charge is -2.36. The van der Waals surface area contributed by atoms with Crippen molar-refractivity contribution in [3.05, 3.63) is 68.1 Å². The number of carbonyl (C=O) groups excluding carboxylic acids is 1. The molecule has 1 aromatic heterocycles. The Morgan fingerprint density at radius 1 is 1.31 bits per heavy atom. The highest BCUT2D eigenvalue weighted by Gasteiger charge is 2.49. The summed E-state index contributed by atoms with van der Waals surface area (Å²) >= 11 is 0. The van der Waals surface area contributed by atoms with E-state index in [1.165, 1.54) is 0 Å². The Hall–Kier alpha value is -2.62. The fraction of sp³-hybridized carbons (Fsp3) is 0.381. The first-order chi connectivity index (χ1) is 15.2. The fourth-order valence-corrected chi connectivity index (χ4v) is 4.93. The van der Waals surface area contributed by atoms with E-state index in [9.17, 15) is 14.2 Å². The Kier molecular flexibility index (Phi) is 4.96. The number of ether oxygens (including phenoxy) is 2. The van der Waals surface area contributed by atoms with Crippen LogP contribution in [0.25, 0.3) is 6.08 Å². The van der Waals surface area contributed by atoms with Crippen molar-refractivity contribution in [3.8, 4) is 0 Å². The van der Waals surface area contributed by atoms with Gasteiger partial charge in [-0.15, -0.1) is 0 Å². The van der Waals surface area contributed by atoms with Gasteiger partial charge < -0.3 is 23.8 Å². The van der Waals surface area contributed by atoms with Crippen LogP contribution in [-0.2, 0) is 42.1 Å². The van der Waals surface area contributed by atoms with Crippen molar-refractivity contribution in [2.75, 3.05) is 6.79 Å². The molecule has 0 spiro atoms. The molecule has 0 amide bonds. The molecule has 11 heteroatoms. The van der Waals surface area contributed by atoms with Gasteiger partial charge in [0.25, 0.3) is 5.56 Å². The van der Waals surface area contributed by atoms with Crippen molar-refractivity contribution in [2.24, 2.45) is 10.9 Å². The van der Waals surface area contributed by atoms with E-state index >= 15 is 0 Å². The molecular weight excluding hydrogens is 439 g/mol. The number of pyridine rings is 1. The average molecular weight is 460 g/mol. The second-order valence-corrected chi connectivity index (χ2v) is 9.22. The first-order valence-corrected chi connectivity index (χ1v) is 11.7. The number of phosphoric acid groups is 1. The molecule has 2 N–H and O–H groups in total. The number of rotatable bonds is 5. The Balaban J connectivity index is 1.63. The lowest BCUT2D eigenvalue weighted by atomic mass is 9.85. The lowest BCUT2D eigenvalue weighted by Crippen LogP contribution is -2.46. The largest absolute Gasteiger partial charge is 0.471 e. The van der Waals surface area contributed by atoms with E-state index in [0.717, 1.165) is 10.6 Å². The number of cyclic esters (lactones) is 1. The van der Waals surface area contributed by atoms with Crippen molar-refractivity contribution < 1.29 is 33.1 Å². The van der Waals surface area contributed by atoms with Gasteiger partial charge >= 0.3 is 13.8 Å². The number of para-hydroxylation sites is 1. The number of esters is 1.